The van der Waals surface area contributed by atoms with Crippen LogP contribution in [0, 0.1) is 19.8 Å². The maximum absolute atomic E-state index is 12.5. The highest BCUT2D eigenvalue weighted by atomic mass is 32.1. The molecule has 0 radical (unpaired) electrons. The fourth-order valence-corrected chi connectivity index (χ4v) is 4.31. The number of nitrogens with zero attached hydrogens (tertiary/aromatic N) is 3. The molecule has 0 atom stereocenters. The minimum absolute atomic E-state index is 0.181. The van der Waals surface area contributed by atoms with Crippen LogP contribution in [-0.2, 0) is 11.3 Å². The molecule has 0 bridgehead atoms. The number of aryl methyl sites for hydroxylation is 2. The van der Waals surface area contributed by atoms with E-state index in [-0.39, 0.29) is 5.92 Å². The molecule has 1 aromatic rings. The second-order valence-electron chi connectivity index (χ2n) is 6.92. The van der Waals surface area contributed by atoms with E-state index in [1.54, 1.807) is 18.4 Å². The summed E-state index contributed by atoms with van der Waals surface area (Å²) in [4.78, 5) is 24.6. The number of hydrogen-bond donors (Lipinski definition) is 2. The van der Waals surface area contributed by atoms with Crippen molar-refractivity contribution in [2.24, 2.45) is 10.9 Å². The van der Waals surface area contributed by atoms with Gasteiger partial charge in [0.1, 0.15) is 0 Å². The fourth-order valence-electron chi connectivity index (χ4n) is 3.43. The van der Waals surface area contributed by atoms with Crippen LogP contribution in [0.5, 0.6) is 0 Å². The van der Waals surface area contributed by atoms with Gasteiger partial charge in [0.15, 0.2) is 5.96 Å². The van der Waals surface area contributed by atoms with Crippen LogP contribution in [0.4, 0.5) is 0 Å². The highest BCUT2D eigenvalue weighted by molar-refractivity contribution is 7.11. The van der Waals surface area contributed by atoms with Crippen molar-refractivity contribution in [2.45, 2.75) is 66.0 Å². The van der Waals surface area contributed by atoms with Crippen molar-refractivity contribution in [1.29, 1.82) is 0 Å². The van der Waals surface area contributed by atoms with E-state index in [9.17, 15) is 4.79 Å². The van der Waals surface area contributed by atoms with Crippen molar-refractivity contribution in [3.8, 4) is 0 Å². The average Bonchev–Trinajstić information content (AvgIpc) is 2.97. The summed E-state index contributed by atoms with van der Waals surface area (Å²) in [5.41, 5.74) is 1.09. The van der Waals surface area contributed by atoms with E-state index < -0.39 is 0 Å². The summed E-state index contributed by atoms with van der Waals surface area (Å²) < 4.78 is 0. The van der Waals surface area contributed by atoms with Crippen LogP contribution in [0.3, 0.4) is 0 Å². The lowest BCUT2D eigenvalue weighted by molar-refractivity contribution is -0.136. The van der Waals surface area contributed by atoms with Gasteiger partial charge in [0.05, 0.1) is 17.2 Å². The minimum Gasteiger partial charge on any atom is -0.354 e. The molecule has 1 amide bonds. The summed E-state index contributed by atoms with van der Waals surface area (Å²) >= 11 is 1.72. The molecule has 1 aliphatic rings. The molecule has 0 aliphatic carbocycles. The van der Waals surface area contributed by atoms with Crippen molar-refractivity contribution in [1.82, 2.24) is 20.5 Å². The topological polar surface area (TPSA) is 69.6 Å². The smallest absolute Gasteiger partial charge is 0.225 e. The Morgan fingerprint density at radius 3 is 2.46 bits per heavy atom. The van der Waals surface area contributed by atoms with Crippen LogP contribution in [0.1, 0.15) is 55.1 Å². The van der Waals surface area contributed by atoms with Gasteiger partial charge < -0.3 is 15.5 Å². The highest BCUT2D eigenvalue weighted by Crippen LogP contribution is 2.18. The molecule has 1 aliphatic heterocycles. The molecule has 1 saturated heterocycles. The summed E-state index contributed by atoms with van der Waals surface area (Å²) in [6.45, 7) is 10.7. The fraction of sp³-hybridized carbons (Fsp3) is 0.737. The molecule has 26 heavy (non-hydrogen) atoms. The lowest BCUT2D eigenvalue weighted by Gasteiger charge is -2.34. The van der Waals surface area contributed by atoms with Crippen LogP contribution in [-0.4, -0.2) is 47.9 Å². The summed E-state index contributed by atoms with van der Waals surface area (Å²) in [6.07, 6.45) is 3.79. The highest BCUT2D eigenvalue weighted by Gasteiger charge is 2.26. The standard InChI is InChI=1S/C19H33N5OS/c1-6-15(7-2)18(25)24-10-8-16(9-11-24)23-19(20-5)21-12-17-13(3)22-14(4)26-17/h15-16H,6-12H2,1-5H3,(H2,20,21,23). The largest absolute Gasteiger partial charge is 0.354 e. The van der Waals surface area contributed by atoms with Gasteiger partial charge in [-0.3, -0.25) is 9.79 Å². The van der Waals surface area contributed by atoms with Gasteiger partial charge in [-0.1, -0.05) is 13.8 Å². The number of carbonyl (C=O) groups is 1. The maximum Gasteiger partial charge on any atom is 0.225 e. The number of carbonyl (C=O) groups excluding carboxylic acids is 1. The Morgan fingerprint density at radius 2 is 1.96 bits per heavy atom. The van der Waals surface area contributed by atoms with Crippen molar-refractivity contribution in [3.63, 3.8) is 0 Å². The summed E-state index contributed by atoms with van der Waals surface area (Å²) in [7, 11) is 1.80. The van der Waals surface area contributed by atoms with Crippen LogP contribution in [0.2, 0.25) is 0 Å². The molecule has 0 saturated carbocycles. The Balaban J connectivity index is 1.80. The third-order valence-corrected chi connectivity index (χ3v) is 6.19. The molecular weight excluding hydrogens is 346 g/mol. The lowest BCUT2D eigenvalue weighted by atomic mass is 9.98. The quantitative estimate of drug-likeness (QED) is 0.589. The van der Waals surface area contributed by atoms with Crippen LogP contribution >= 0.6 is 11.3 Å². The first-order chi connectivity index (χ1) is 12.5. The third kappa shape index (κ3) is 5.43. The predicted molar refractivity (Wildman–Crippen MR) is 109 cm³/mol. The molecular formula is C19H33N5OS. The van der Waals surface area contributed by atoms with Crippen molar-refractivity contribution < 1.29 is 4.79 Å². The molecule has 1 fully saturated rings. The first-order valence-electron chi connectivity index (χ1n) is 9.67. The number of amides is 1. The van der Waals surface area contributed by atoms with Gasteiger partial charge in [0, 0.05) is 37.0 Å². The number of guanidine groups is 1. The third-order valence-electron chi connectivity index (χ3n) is 5.12. The maximum atomic E-state index is 12.5. The molecule has 2 rings (SSSR count). The number of rotatable bonds is 6. The molecule has 6 nitrogen and oxygen atoms in total. The first kappa shape index (κ1) is 20.7. The SMILES string of the molecule is CCC(CC)C(=O)N1CCC(NC(=NC)NCc2sc(C)nc2C)CC1. The zero-order valence-corrected chi connectivity index (χ0v) is 17.6. The van der Waals surface area contributed by atoms with E-state index in [2.05, 4.69) is 34.5 Å². The second-order valence-corrected chi connectivity index (χ2v) is 8.21. The van der Waals surface area contributed by atoms with Gasteiger partial charge in [0.2, 0.25) is 5.91 Å². The zero-order valence-electron chi connectivity index (χ0n) is 16.8. The number of aromatic nitrogens is 1. The van der Waals surface area contributed by atoms with Crippen LogP contribution < -0.4 is 10.6 Å². The van der Waals surface area contributed by atoms with E-state index in [4.69, 9.17) is 0 Å². The van der Waals surface area contributed by atoms with E-state index in [0.717, 1.165) is 62.0 Å². The van der Waals surface area contributed by atoms with Gasteiger partial charge >= 0.3 is 0 Å². The number of piperidine rings is 1. The van der Waals surface area contributed by atoms with Gasteiger partial charge in [-0.2, -0.15) is 0 Å². The van der Waals surface area contributed by atoms with Crippen LogP contribution in [0.25, 0.3) is 0 Å². The normalized spacial score (nSPS) is 16.2. The predicted octanol–water partition coefficient (Wildman–Crippen LogP) is 2.85. The van der Waals surface area contributed by atoms with E-state index in [1.165, 1.54) is 4.88 Å². The van der Waals surface area contributed by atoms with Gasteiger partial charge in [-0.25, -0.2) is 4.98 Å². The van der Waals surface area contributed by atoms with E-state index in [1.807, 2.05) is 18.7 Å². The van der Waals surface area contributed by atoms with Gasteiger partial charge in [-0.15, -0.1) is 11.3 Å². The van der Waals surface area contributed by atoms with E-state index >= 15 is 0 Å². The van der Waals surface area contributed by atoms with Crippen LogP contribution in [0.15, 0.2) is 4.99 Å². The number of hydrogen-bond acceptors (Lipinski definition) is 4. The van der Waals surface area contributed by atoms with Crippen molar-refractivity contribution >= 4 is 23.2 Å². The molecule has 1 aromatic heterocycles. The van der Waals surface area contributed by atoms with Crippen molar-refractivity contribution in [3.05, 3.63) is 15.6 Å². The Morgan fingerprint density at radius 1 is 1.31 bits per heavy atom. The van der Waals surface area contributed by atoms with Gasteiger partial charge in [-0.05, 0) is 39.5 Å². The Hall–Kier alpha value is -1.63. The Labute approximate surface area is 161 Å². The summed E-state index contributed by atoms with van der Waals surface area (Å²) in [5, 5.41) is 7.98. The van der Waals surface area contributed by atoms with E-state index in [0.29, 0.717) is 11.9 Å². The lowest BCUT2D eigenvalue weighted by Crippen LogP contribution is -2.50. The summed E-state index contributed by atoms with van der Waals surface area (Å²) in [5.74, 6) is 1.33. The molecule has 0 spiro atoms. The monoisotopic (exact) mass is 379 g/mol. The molecule has 146 valence electrons. The Bertz CT molecular complexity index is 615. The number of thiazole rings is 1. The average molecular weight is 380 g/mol. The zero-order chi connectivity index (χ0) is 19.1. The number of aliphatic imine (C=N–C) groups is 1. The van der Waals surface area contributed by atoms with Crippen molar-refractivity contribution in [2.75, 3.05) is 20.1 Å². The number of likely N-dealkylation sites (tertiary alicyclic amines) is 1. The Kier molecular flexibility index (Phi) is 7.87. The molecule has 7 heteroatoms. The molecule has 0 aromatic carbocycles. The first-order valence-corrected chi connectivity index (χ1v) is 10.5. The molecule has 2 N–H and O–H groups in total. The number of nitrogens with one attached hydrogen (secondary N) is 2. The van der Waals surface area contributed by atoms with Gasteiger partial charge in [0.25, 0.3) is 0 Å². The minimum atomic E-state index is 0.181. The summed E-state index contributed by atoms with van der Waals surface area (Å²) in [6, 6.07) is 0.358. The molecule has 0 unspecified atom stereocenters. The second kappa shape index (κ2) is 9.90. The molecule has 2 heterocycles.